The van der Waals surface area contributed by atoms with Gasteiger partial charge in [-0.15, -0.1) is 11.6 Å². The Hall–Kier alpha value is -0.530. The molecule has 0 aromatic heterocycles. The molecule has 1 N–H and O–H groups in total. The maximum Gasteiger partial charge on any atom is 0.421 e. The van der Waals surface area contributed by atoms with Crippen molar-refractivity contribution in [2.24, 2.45) is 0 Å². The largest absolute Gasteiger partial charge is 0.449 e. The number of ether oxygens (including phenoxy) is 1. The summed E-state index contributed by atoms with van der Waals surface area (Å²) in [6.45, 7) is 3.45. The van der Waals surface area contributed by atoms with Gasteiger partial charge in [0.15, 0.2) is 0 Å². The van der Waals surface area contributed by atoms with Crippen LogP contribution in [0.25, 0.3) is 0 Å². The van der Waals surface area contributed by atoms with E-state index >= 15 is 0 Å². The van der Waals surface area contributed by atoms with Crippen molar-refractivity contribution < 1.29 is 17.9 Å². The Kier molecular flexibility index (Phi) is 5.92. The average molecular weight is 259 g/mol. The maximum absolute atomic E-state index is 11.4. The van der Waals surface area contributed by atoms with E-state index in [2.05, 4.69) is 4.74 Å². The highest BCUT2D eigenvalue weighted by Gasteiger charge is 2.21. The number of rotatable bonds is 5. The number of hydrogen-bond donors (Lipinski definition) is 1. The highest BCUT2D eigenvalue weighted by molar-refractivity contribution is 7.87. The molecular weight excluding hydrogens is 244 g/mol. The molecule has 0 saturated carbocycles. The number of alkyl halides is 1. The Balaban J connectivity index is 4.35. The van der Waals surface area contributed by atoms with Gasteiger partial charge in [-0.3, -0.25) is 0 Å². The summed E-state index contributed by atoms with van der Waals surface area (Å²) in [5.74, 6) is 0. The highest BCUT2D eigenvalue weighted by atomic mass is 35.5. The molecule has 0 aliphatic carbocycles. The molecule has 0 spiro atoms. The minimum Gasteiger partial charge on any atom is -0.449 e. The van der Waals surface area contributed by atoms with E-state index in [1.165, 1.54) is 7.05 Å². The molecule has 15 heavy (non-hydrogen) atoms. The standard InChI is InChI=1S/C7H15ClN2O4S/c1-4-14-7(11)9-15(12,13)10(3)5-6(2)8/h6H,4-5H2,1-3H3,(H,9,11). The fraction of sp³-hybridized carbons (Fsp3) is 0.857. The van der Waals surface area contributed by atoms with E-state index in [0.717, 1.165) is 4.31 Å². The zero-order valence-corrected chi connectivity index (χ0v) is 10.4. The first-order chi connectivity index (χ1) is 6.79. The summed E-state index contributed by atoms with van der Waals surface area (Å²) >= 11 is 5.63. The molecule has 1 atom stereocenters. The smallest absolute Gasteiger partial charge is 0.421 e. The lowest BCUT2D eigenvalue weighted by Gasteiger charge is -2.18. The first-order valence-corrected chi connectivity index (χ1v) is 6.22. The number of amides is 1. The fourth-order valence-corrected chi connectivity index (χ4v) is 1.93. The van der Waals surface area contributed by atoms with Crippen molar-refractivity contribution in [2.75, 3.05) is 20.2 Å². The number of nitrogens with zero attached hydrogens (tertiary/aromatic N) is 1. The summed E-state index contributed by atoms with van der Waals surface area (Å²) < 4.78 is 29.9. The van der Waals surface area contributed by atoms with E-state index in [1.807, 2.05) is 0 Å². The molecule has 0 radical (unpaired) electrons. The van der Waals surface area contributed by atoms with Crippen LogP contribution in [0.15, 0.2) is 0 Å². The normalized spacial score (nSPS) is 13.7. The SMILES string of the molecule is CCOC(=O)NS(=O)(=O)N(C)CC(C)Cl. The van der Waals surface area contributed by atoms with Crippen molar-refractivity contribution in [1.29, 1.82) is 0 Å². The lowest BCUT2D eigenvalue weighted by molar-refractivity contribution is 0.158. The molecule has 1 amide bonds. The van der Waals surface area contributed by atoms with E-state index in [0.29, 0.717) is 0 Å². The van der Waals surface area contributed by atoms with Crippen molar-refractivity contribution in [2.45, 2.75) is 19.2 Å². The molecular formula is C7H15ClN2O4S. The third-order valence-electron chi connectivity index (χ3n) is 1.41. The number of halogens is 1. The number of hydrogen-bond acceptors (Lipinski definition) is 4. The molecule has 6 nitrogen and oxygen atoms in total. The quantitative estimate of drug-likeness (QED) is 0.730. The van der Waals surface area contributed by atoms with Crippen LogP contribution in [0.4, 0.5) is 4.79 Å². The Bertz CT molecular complexity index is 304. The molecule has 0 rings (SSSR count). The van der Waals surface area contributed by atoms with Gasteiger partial charge >= 0.3 is 16.3 Å². The van der Waals surface area contributed by atoms with Crippen LogP contribution in [-0.4, -0.2) is 44.4 Å². The van der Waals surface area contributed by atoms with Gasteiger partial charge in [-0.25, -0.2) is 9.52 Å². The molecule has 0 saturated heterocycles. The molecule has 0 heterocycles. The molecule has 0 aromatic rings. The van der Waals surface area contributed by atoms with Crippen LogP contribution in [0.3, 0.4) is 0 Å². The van der Waals surface area contributed by atoms with Crippen LogP contribution in [0.5, 0.6) is 0 Å². The van der Waals surface area contributed by atoms with Gasteiger partial charge in [-0.1, -0.05) is 0 Å². The first kappa shape index (κ1) is 14.5. The number of nitrogens with one attached hydrogen (secondary N) is 1. The molecule has 0 fully saturated rings. The summed E-state index contributed by atoms with van der Waals surface area (Å²) in [6, 6.07) is 0. The topological polar surface area (TPSA) is 75.7 Å². The Morgan fingerprint density at radius 2 is 2.13 bits per heavy atom. The first-order valence-electron chi connectivity index (χ1n) is 4.34. The third kappa shape index (κ3) is 5.81. The van der Waals surface area contributed by atoms with Gasteiger partial charge in [0.25, 0.3) is 0 Å². The van der Waals surface area contributed by atoms with Crippen molar-refractivity contribution in [1.82, 2.24) is 9.03 Å². The molecule has 1 unspecified atom stereocenters. The molecule has 0 aliphatic heterocycles. The highest BCUT2D eigenvalue weighted by Crippen LogP contribution is 2.01. The van der Waals surface area contributed by atoms with Gasteiger partial charge in [0, 0.05) is 19.0 Å². The molecule has 90 valence electrons. The fourth-order valence-electron chi connectivity index (χ4n) is 0.796. The van der Waals surface area contributed by atoms with E-state index in [1.54, 1.807) is 18.6 Å². The molecule has 0 bridgehead atoms. The predicted octanol–water partition coefficient (Wildman–Crippen LogP) is 0.536. The molecule has 8 heteroatoms. The second-order valence-corrected chi connectivity index (χ2v) is 5.41. The zero-order valence-electron chi connectivity index (χ0n) is 8.86. The summed E-state index contributed by atoms with van der Waals surface area (Å²) in [5, 5.41) is -0.339. The minimum atomic E-state index is -3.85. The van der Waals surface area contributed by atoms with Gasteiger partial charge < -0.3 is 4.74 Å². The van der Waals surface area contributed by atoms with Gasteiger partial charge in [0.2, 0.25) is 0 Å². The van der Waals surface area contributed by atoms with Crippen molar-refractivity contribution in [3.8, 4) is 0 Å². The van der Waals surface area contributed by atoms with Crippen LogP contribution in [0.1, 0.15) is 13.8 Å². The van der Waals surface area contributed by atoms with Crippen molar-refractivity contribution in [3.05, 3.63) is 0 Å². The zero-order chi connectivity index (χ0) is 12.1. The van der Waals surface area contributed by atoms with Crippen LogP contribution in [-0.2, 0) is 14.9 Å². The van der Waals surface area contributed by atoms with Crippen molar-refractivity contribution in [3.63, 3.8) is 0 Å². The Morgan fingerprint density at radius 3 is 2.53 bits per heavy atom. The Labute approximate surface area is 94.7 Å². The third-order valence-corrected chi connectivity index (χ3v) is 2.94. The van der Waals surface area contributed by atoms with Crippen LogP contribution < -0.4 is 4.72 Å². The van der Waals surface area contributed by atoms with Gasteiger partial charge in [0.1, 0.15) is 0 Å². The number of carbonyl (C=O) groups excluding carboxylic acids is 1. The second kappa shape index (κ2) is 6.14. The monoisotopic (exact) mass is 258 g/mol. The van der Waals surface area contributed by atoms with Crippen LogP contribution >= 0.6 is 11.6 Å². The molecule has 0 aromatic carbocycles. The van der Waals surface area contributed by atoms with Crippen molar-refractivity contribution >= 4 is 27.9 Å². The van der Waals surface area contributed by atoms with E-state index in [4.69, 9.17) is 11.6 Å². The average Bonchev–Trinajstić information content (AvgIpc) is 2.01. The van der Waals surface area contributed by atoms with E-state index in [9.17, 15) is 13.2 Å². The number of carbonyl (C=O) groups is 1. The summed E-state index contributed by atoms with van der Waals surface area (Å²) in [4.78, 5) is 10.9. The van der Waals surface area contributed by atoms with Gasteiger partial charge in [-0.05, 0) is 13.8 Å². The predicted molar refractivity (Wildman–Crippen MR) is 57.0 cm³/mol. The minimum absolute atomic E-state index is 0.107. The summed E-state index contributed by atoms with van der Waals surface area (Å²) in [5.41, 5.74) is 0. The van der Waals surface area contributed by atoms with Crippen LogP contribution in [0, 0.1) is 0 Å². The lowest BCUT2D eigenvalue weighted by Crippen LogP contribution is -2.43. The second-order valence-electron chi connectivity index (χ2n) is 2.89. The van der Waals surface area contributed by atoms with E-state index in [-0.39, 0.29) is 18.5 Å². The summed E-state index contributed by atoms with van der Waals surface area (Å²) in [7, 11) is -2.53. The van der Waals surface area contributed by atoms with Crippen LogP contribution in [0.2, 0.25) is 0 Å². The maximum atomic E-state index is 11.4. The van der Waals surface area contributed by atoms with Gasteiger partial charge in [-0.2, -0.15) is 12.7 Å². The summed E-state index contributed by atoms with van der Waals surface area (Å²) in [6.07, 6.45) is -0.994. The molecule has 0 aliphatic rings. The lowest BCUT2D eigenvalue weighted by atomic mass is 10.5. The van der Waals surface area contributed by atoms with E-state index < -0.39 is 16.3 Å². The Morgan fingerprint density at radius 1 is 1.60 bits per heavy atom. The van der Waals surface area contributed by atoms with Gasteiger partial charge in [0.05, 0.1) is 6.61 Å².